The summed E-state index contributed by atoms with van der Waals surface area (Å²) in [5.74, 6) is 1.98. The molecule has 2 N–H and O–H groups in total. The molecule has 0 bridgehead atoms. The molecular weight excluding hydrogens is 521 g/mol. The van der Waals surface area contributed by atoms with Gasteiger partial charge in [0.2, 0.25) is 0 Å². The van der Waals surface area contributed by atoms with E-state index in [2.05, 4.69) is 39.4 Å². The van der Waals surface area contributed by atoms with Crippen molar-refractivity contribution in [1.82, 2.24) is 15.8 Å². The summed E-state index contributed by atoms with van der Waals surface area (Å²) in [6, 6.07) is 6.80. The van der Waals surface area contributed by atoms with Crippen LogP contribution in [0.4, 0.5) is 8.78 Å². The Hall–Kier alpha value is -2.11. The monoisotopic (exact) mass is 552 g/mol. The molecule has 0 spiro atoms. The van der Waals surface area contributed by atoms with Crippen molar-refractivity contribution in [3.05, 3.63) is 41.3 Å². The summed E-state index contributed by atoms with van der Waals surface area (Å²) >= 11 is 0. The number of aliphatic imine (C=N–C) groups is 1. The van der Waals surface area contributed by atoms with Gasteiger partial charge in [0, 0.05) is 25.6 Å². The van der Waals surface area contributed by atoms with E-state index in [1.165, 1.54) is 6.07 Å². The number of alkyl halides is 2. The molecule has 10 heteroatoms. The lowest BCUT2D eigenvalue weighted by Gasteiger charge is -2.14. The summed E-state index contributed by atoms with van der Waals surface area (Å²) in [6.45, 7) is 4.35. The second-order valence-corrected chi connectivity index (χ2v) is 6.60. The molecule has 0 atom stereocenters. The third kappa shape index (κ3) is 8.50. The zero-order valence-corrected chi connectivity index (χ0v) is 20.6. The van der Waals surface area contributed by atoms with Gasteiger partial charge < -0.3 is 24.6 Å². The quantitative estimate of drug-likeness (QED) is 0.231. The average molecular weight is 552 g/mol. The van der Waals surface area contributed by atoms with Crippen LogP contribution >= 0.6 is 24.0 Å². The van der Waals surface area contributed by atoms with Crippen molar-refractivity contribution in [3.63, 3.8) is 0 Å². The summed E-state index contributed by atoms with van der Waals surface area (Å²) in [5.41, 5.74) is 1.80. The molecule has 0 amide bonds. The van der Waals surface area contributed by atoms with E-state index in [0.717, 1.165) is 29.9 Å². The van der Waals surface area contributed by atoms with Crippen molar-refractivity contribution in [2.24, 2.45) is 4.99 Å². The average Bonchev–Trinajstić information content (AvgIpc) is 3.19. The van der Waals surface area contributed by atoms with Crippen LogP contribution in [0.25, 0.3) is 0 Å². The van der Waals surface area contributed by atoms with E-state index < -0.39 is 6.61 Å². The number of guanidine groups is 1. The molecule has 2 aromatic rings. The van der Waals surface area contributed by atoms with Crippen LogP contribution in [0.5, 0.6) is 11.5 Å². The summed E-state index contributed by atoms with van der Waals surface area (Å²) in [6.07, 6.45) is 2.04. The van der Waals surface area contributed by atoms with E-state index in [-0.39, 0.29) is 35.5 Å². The maximum atomic E-state index is 12.5. The Bertz CT molecular complexity index is 814. The largest absolute Gasteiger partial charge is 0.490 e. The third-order valence-corrected chi connectivity index (χ3v) is 4.62. The number of ether oxygens (including phenoxy) is 2. The number of aromatic nitrogens is 1. The SMILES string of the molecule is CCOc1cc(CNC(=NC)NCc2cc(C(CC)CC)no2)ccc1OC(F)F.I. The van der Waals surface area contributed by atoms with Crippen LogP contribution in [0.2, 0.25) is 0 Å². The fourth-order valence-electron chi connectivity index (χ4n) is 3.01. The van der Waals surface area contributed by atoms with E-state index in [1.54, 1.807) is 26.1 Å². The predicted octanol–water partition coefficient (Wildman–Crippen LogP) is 5.06. The molecule has 7 nitrogen and oxygen atoms in total. The van der Waals surface area contributed by atoms with Crippen LogP contribution in [0, 0.1) is 0 Å². The van der Waals surface area contributed by atoms with Crippen molar-refractivity contribution in [3.8, 4) is 11.5 Å². The second kappa shape index (κ2) is 14.0. The van der Waals surface area contributed by atoms with Gasteiger partial charge in [0.1, 0.15) is 0 Å². The van der Waals surface area contributed by atoms with Crippen molar-refractivity contribution >= 4 is 29.9 Å². The molecule has 0 saturated carbocycles. The minimum absolute atomic E-state index is 0. The highest BCUT2D eigenvalue weighted by Gasteiger charge is 2.14. The lowest BCUT2D eigenvalue weighted by molar-refractivity contribution is -0.0514. The first kappa shape index (κ1) is 26.9. The molecule has 31 heavy (non-hydrogen) atoms. The maximum Gasteiger partial charge on any atom is 0.387 e. The minimum atomic E-state index is -2.90. The van der Waals surface area contributed by atoms with E-state index in [1.807, 2.05) is 6.07 Å². The minimum Gasteiger partial charge on any atom is -0.490 e. The second-order valence-electron chi connectivity index (χ2n) is 6.60. The van der Waals surface area contributed by atoms with Crippen molar-refractivity contribution < 1.29 is 22.8 Å². The highest BCUT2D eigenvalue weighted by Crippen LogP contribution is 2.30. The van der Waals surface area contributed by atoms with Crippen LogP contribution in [0.15, 0.2) is 33.8 Å². The first-order chi connectivity index (χ1) is 14.5. The fraction of sp³-hybridized carbons (Fsp3) is 0.524. The number of benzene rings is 1. The van der Waals surface area contributed by atoms with Crippen LogP contribution in [-0.4, -0.2) is 31.4 Å². The Labute approximate surface area is 199 Å². The zero-order valence-electron chi connectivity index (χ0n) is 18.3. The molecule has 0 aliphatic heterocycles. The Balaban J connectivity index is 0.00000480. The van der Waals surface area contributed by atoms with Crippen LogP contribution < -0.4 is 20.1 Å². The first-order valence-electron chi connectivity index (χ1n) is 10.1. The van der Waals surface area contributed by atoms with Crippen molar-refractivity contribution in [2.45, 2.75) is 59.2 Å². The lowest BCUT2D eigenvalue weighted by Crippen LogP contribution is -2.36. The Morgan fingerprint density at radius 2 is 1.81 bits per heavy atom. The number of halogens is 3. The Morgan fingerprint density at radius 3 is 2.42 bits per heavy atom. The standard InChI is InChI=1S/C21H30F2N4O3.HI/c1-5-15(6-2)17-11-16(30-27-17)13-26-21(24-4)25-12-14-8-9-18(29-20(22)23)19(10-14)28-7-3;/h8-11,15,20H,5-7,12-13H2,1-4H3,(H2,24,25,26);1H. The zero-order chi connectivity index (χ0) is 21.9. The molecule has 174 valence electrons. The summed E-state index contributed by atoms with van der Waals surface area (Å²) in [4.78, 5) is 4.19. The lowest BCUT2D eigenvalue weighted by atomic mass is 9.99. The van der Waals surface area contributed by atoms with Gasteiger partial charge in [0.25, 0.3) is 0 Å². The molecule has 0 aliphatic carbocycles. The van der Waals surface area contributed by atoms with Gasteiger partial charge in [-0.1, -0.05) is 25.1 Å². The maximum absolute atomic E-state index is 12.5. The highest BCUT2D eigenvalue weighted by molar-refractivity contribution is 14.0. The number of nitrogens with zero attached hydrogens (tertiary/aromatic N) is 2. The van der Waals surface area contributed by atoms with Gasteiger partial charge in [-0.3, -0.25) is 4.99 Å². The number of nitrogens with one attached hydrogen (secondary N) is 2. The van der Waals surface area contributed by atoms with Crippen molar-refractivity contribution in [1.29, 1.82) is 0 Å². The predicted molar refractivity (Wildman–Crippen MR) is 127 cm³/mol. The molecule has 0 fully saturated rings. The number of rotatable bonds is 11. The Morgan fingerprint density at radius 1 is 1.10 bits per heavy atom. The molecule has 0 saturated heterocycles. The summed E-state index contributed by atoms with van der Waals surface area (Å²) in [7, 11) is 1.66. The topological polar surface area (TPSA) is 80.9 Å². The van der Waals surface area contributed by atoms with Crippen LogP contribution in [0.1, 0.15) is 56.5 Å². The smallest absolute Gasteiger partial charge is 0.387 e. The molecular formula is C21H31F2IN4O3. The molecule has 1 aromatic carbocycles. The third-order valence-electron chi connectivity index (χ3n) is 4.62. The molecule has 2 rings (SSSR count). The molecule has 1 aromatic heterocycles. The van der Waals surface area contributed by atoms with Gasteiger partial charge in [-0.05, 0) is 37.5 Å². The fourth-order valence-corrected chi connectivity index (χ4v) is 3.01. The summed E-state index contributed by atoms with van der Waals surface area (Å²) < 4.78 is 40.4. The van der Waals surface area contributed by atoms with Gasteiger partial charge in [0.05, 0.1) is 18.8 Å². The normalized spacial score (nSPS) is 11.4. The highest BCUT2D eigenvalue weighted by atomic mass is 127. The molecule has 0 radical (unpaired) electrons. The van der Waals surface area contributed by atoms with E-state index >= 15 is 0 Å². The molecule has 1 heterocycles. The van der Waals surface area contributed by atoms with Gasteiger partial charge in [-0.25, -0.2) is 0 Å². The van der Waals surface area contributed by atoms with E-state index in [0.29, 0.717) is 31.6 Å². The molecule has 0 aliphatic rings. The Kier molecular flexibility index (Phi) is 12.2. The van der Waals surface area contributed by atoms with Crippen LogP contribution in [-0.2, 0) is 13.1 Å². The number of hydrogen-bond acceptors (Lipinski definition) is 5. The van der Waals surface area contributed by atoms with E-state index in [9.17, 15) is 8.78 Å². The van der Waals surface area contributed by atoms with Gasteiger partial charge in [-0.15, -0.1) is 24.0 Å². The van der Waals surface area contributed by atoms with Crippen molar-refractivity contribution in [2.75, 3.05) is 13.7 Å². The van der Waals surface area contributed by atoms with Gasteiger partial charge >= 0.3 is 6.61 Å². The van der Waals surface area contributed by atoms with Gasteiger partial charge in [0.15, 0.2) is 23.2 Å². The van der Waals surface area contributed by atoms with Crippen LogP contribution in [0.3, 0.4) is 0 Å². The van der Waals surface area contributed by atoms with E-state index in [4.69, 9.17) is 9.26 Å². The summed E-state index contributed by atoms with van der Waals surface area (Å²) in [5, 5.41) is 10.5. The molecule has 0 unspecified atom stereocenters. The first-order valence-corrected chi connectivity index (χ1v) is 10.1. The van der Waals surface area contributed by atoms with Gasteiger partial charge in [-0.2, -0.15) is 8.78 Å². The number of hydrogen-bond donors (Lipinski definition) is 2.